The van der Waals surface area contributed by atoms with Crippen LogP contribution in [0.15, 0.2) is 42.5 Å². The summed E-state index contributed by atoms with van der Waals surface area (Å²) in [6.45, 7) is 4.36. The number of ether oxygens (including phenoxy) is 1. The normalized spacial score (nSPS) is 10.2. The first-order chi connectivity index (χ1) is 9.13. The van der Waals surface area contributed by atoms with Crippen molar-refractivity contribution < 1.29 is 9.53 Å². The average molecular weight is 255 g/mol. The number of rotatable bonds is 4. The third kappa shape index (κ3) is 2.76. The molecule has 0 radical (unpaired) electrons. The second kappa shape index (κ2) is 5.57. The summed E-state index contributed by atoms with van der Waals surface area (Å²) in [7, 11) is 0. The Morgan fingerprint density at radius 1 is 1.16 bits per heavy atom. The zero-order valence-corrected chi connectivity index (χ0v) is 11.1. The van der Waals surface area contributed by atoms with E-state index in [4.69, 9.17) is 10.5 Å². The molecular weight excluding hydrogens is 238 g/mol. The van der Waals surface area contributed by atoms with Crippen molar-refractivity contribution in [3.63, 3.8) is 0 Å². The summed E-state index contributed by atoms with van der Waals surface area (Å²) < 4.78 is 5.51. The molecule has 0 unspecified atom stereocenters. The van der Waals surface area contributed by atoms with Crippen LogP contribution in [-0.2, 0) is 0 Å². The van der Waals surface area contributed by atoms with Gasteiger partial charge >= 0.3 is 0 Å². The maximum Gasteiger partial charge on any atom is 0.198 e. The summed E-state index contributed by atoms with van der Waals surface area (Å²) >= 11 is 0. The zero-order chi connectivity index (χ0) is 13.8. The molecular formula is C16H17NO2. The lowest BCUT2D eigenvalue weighted by Gasteiger charge is -2.11. The van der Waals surface area contributed by atoms with Gasteiger partial charge in [-0.3, -0.25) is 4.79 Å². The second-order valence-electron chi connectivity index (χ2n) is 4.35. The van der Waals surface area contributed by atoms with Crippen molar-refractivity contribution in [1.82, 2.24) is 0 Å². The highest BCUT2D eigenvalue weighted by atomic mass is 16.5. The van der Waals surface area contributed by atoms with Crippen LogP contribution in [-0.4, -0.2) is 12.4 Å². The van der Waals surface area contributed by atoms with Crippen LogP contribution >= 0.6 is 0 Å². The smallest absolute Gasteiger partial charge is 0.198 e. The number of nitrogen functional groups attached to an aromatic ring is 1. The van der Waals surface area contributed by atoms with Crippen LogP contribution in [0.1, 0.15) is 28.4 Å². The molecule has 0 aliphatic rings. The number of hydrogen-bond donors (Lipinski definition) is 1. The number of hydrogen-bond acceptors (Lipinski definition) is 3. The molecule has 0 aromatic heterocycles. The number of aryl methyl sites for hydroxylation is 1. The van der Waals surface area contributed by atoms with E-state index in [2.05, 4.69) is 0 Å². The molecule has 0 saturated carbocycles. The van der Waals surface area contributed by atoms with Gasteiger partial charge in [-0.05, 0) is 38.1 Å². The van der Waals surface area contributed by atoms with E-state index in [9.17, 15) is 4.79 Å². The monoisotopic (exact) mass is 255 g/mol. The van der Waals surface area contributed by atoms with Crippen LogP contribution in [0.4, 0.5) is 5.69 Å². The first kappa shape index (κ1) is 13.1. The molecule has 0 amide bonds. The van der Waals surface area contributed by atoms with Gasteiger partial charge in [-0.15, -0.1) is 0 Å². The van der Waals surface area contributed by atoms with Gasteiger partial charge in [0.25, 0.3) is 0 Å². The standard InChI is InChI=1S/C16H17NO2/c1-3-19-15-9-8-11(2)10-13(15)16(18)12-6-4-5-7-14(12)17/h4-10H,3,17H2,1-2H3. The number of para-hydroxylation sites is 1. The first-order valence-corrected chi connectivity index (χ1v) is 6.26. The van der Waals surface area contributed by atoms with E-state index < -0.39 is 0 Å². The Morgan fingerprint density at radius 3 is 2.58 bits per heavy atom. The highest BCUT2D eigenvalue weighted by Crippen LogP contribution is 2.25. The molecule has 0 saturated heterocycles. The van der Waals surface area contributed by atoms with E-state index in [0.717, 1.165) is 5.56 Å². The molecule has 0 bridgehead atoms. The summed E-state index contributed by atoms with van der Waals surface area (Å²) in [5.74, 6) is 0.492. The van der Waals surface area contributed by atoms with Gasteiger partial charge in [0, 0.05) is 11.3 Å². The fourth-order valence-electron chi connectivity index (χ4n) is 1.95. The summed E-state index contributed by atoms with van der Waals surface area (Å²) in [4.78, 5) is 12.6. The van der Waals surface area contributed by atoms with Gasteiger partial charge in [0.15, 0.2) is 5.78 Å². The van der Waals surface area contributed by atoms with E-state index in [-0.39, 0.29) is 5.78 Å². The maximum absolute atomic E-state index is 12.6. The molecule has 2 rings (SSSR count). The van der Waals surface area contributed by atoms with Crippen LogP contribution in [0.2, 0.25) is 0 Å². The number of carbonyl (C=O) groups is 1. The number of ketones is 1. The fraction of sp³-hybridized carbons (Fsp3) is 0.188. The molecule has 3 heteroatoms. The molecule has 0 heterocycles. The van der Waals surface area contributed by atoms with E-state index in [1.807, 2.05) is 38.1 Å². The van der Waals surface area contributed by atoms with E-state index in [0.29, 0.717) is 29.2 Å². The zero-order valence-electron chi connectivity index (χ0n) is 11.1. The third-order valence-corrected chi connectivity index (χ3v) is 2.88. The molecule has 2 aromatic carbocycles. The van der Waals surface area contributed by atoms with Gasteiger partial charge in [0.1, 0.15) is 5.75 Å². The number of benzene rings is 2. The molecule has 0 fully saturated rings. The van der Waals surface area contributed by atoms with Crippen molar-refractivity contribution in [2.45, 2.75) is 13.8 Å². The van der Waals surface area contributed by atoms with Gasteiger partial charge < -0.3 is 10.5 Å². The molecule has 0 aliphatic heterocycles. The summed E-state index contributed by atoms with van der Waals surface area (Å²) in [5, 5.41) is 0. The highest BCUT2D eigenvalue weighted by Gasteiger charge is 2.16. The Bertz CT molecular complexity index is 605. The number of carbonyl (C=O) groups excluding carboxylic acids is 1. The fourth-order valence-corrected chi connectivity index (χ4v) is 1.95. The summed E-state index contributed by atoms with van der Waals surface area (Å²) in [5.41, 5.74) is 8.42. The Balaban J connectivity index is 2.49. The predicted octanol–water partition coefficient (Wildman–Crippen LogP) is 3.21. The molecule has 19 heavy (non-hydrogen) atoms. The lowest BCUT2D eigenvalue weighted by molar-refractivity contribution is 0.103. The van der Waals surface area contributed by atoms with Gasteiger partial charge in [-0.2, -0.15) is 0 Å². The Morgan fingerprint density at radius 2 is 1.89 bits per heavy atom. The molecule has 2 aromatic rings. The van der Waals surface area contributed by atoms with E-state index in [1.165, 1.54) is 0 Å². The minimum Gasteiger partial charge on any atom is -0.493 e. The lowest BCUT2D eigenvalue weighted by Crippen LogP contribution is -2.08. The van der Waals surface area contributed by atoms with Crippen molar-refractivity contribution in [1.29, 1.82) is 0 Å². The molecule has 0 aliphatic carbocycles. The van der Waals surface area contributed by atoms with Crippen LogP contribution < -0.4 is 10.5 Å². The number of nitrogens with two attached hydrogens (primary N) is 1. The largest absolute Gasteiger partial charge is 0.493 e. The van der Waals surface area contributed by atoms with Crippen LogP contribution in [0, 0.1) is 6.92 Å². The van der Waals surface area contributed by atoms with E-state index >= 15 is 0 Å². The van der Waals surface area contributed by atoms with Crippen LogP contribution in [0.25, 0.3) is 0 Å². The Hall–Kier alpha value is -2.29. The quantitative estimate of drug-likeness (QED) is 0.674. The molecule has 0 atom stereocenters. The Labute approximate surface area is 113 Å². The first-order valence-electron chi connectivity index (χ1n) is 6.26. The summed E-state index contributed by atoms with van der Waals surface area (Å²) in [6, 6.07) is 12.7. The topological polar surface area (TPSA) is 52.3 Å². The van der Waals surface area contributed by atoms with Gasteiger partial charge in [-0.25, -0.2) is 0 Å². The predicted molar refractivity (Wildman–Crippen MR) is 76.6 cm³/mol. The second-order valence-corrected chi connectivity index (χ2v) is 4.35. The van der Waals surface area contributed by atoms with Gasteiger partial charge in [0.05, 0.1) is 12.2 Å². The van der Waals surface area contributed by atoms with Gasteiger partial charge in [-0.1, -0.05) is 23.8 Å². The molecule has 0 spiro atoms. The van der Waals surface area contributed by atoms with Crippen molar-refractivity contribution in [3.8, 4) is 5.75 Å². The van der Waals surface area contributed by atoms with Crippen LogP contribution in [0.3, 0.4) is 0 Å². The third-order valence-electron chi connectivity index (χ3n) is 2.88. The van der Waals surface area contributed by atoms with Gasteiger partial charge in [0.2, 0.25) is 0 Å². The van der Waals surface area contributed by atoms with Crippen molar-refractivity contribution >= 4 is 11.5 Å². The van der Waals surface area contributed by atoms with Crippen molar-refractivity contribution in [2.24, 2.45) is 0 Å². The SMILES string of the molecule is CCOc1ccc(C)cc1C(=O)c1ccccc1N. The van der Waals surface area contributed by atoms with E-state index in [1.54, 1.807) is 18.2 Å². The molecule has 3 nitrogen and oxygen atoms in total. The minimum atomic E-state index is -0.106. The average Bonchev–Trinajstić information content (AvgIpc) is 2.41. The number of anilines is 1. The summed E-state index contributed by atoms with van der Waals surface area (Å²) in [6.07, 6.45) is 0. The molecule has 98 valence electrons. The maximum atomic E-state index is 12.6. The molecule has 2 N–H and O–H groups in total. The minimum absolute atomic E-state index is 0.106. The highest BCUT2D eigenvalue weighted by molar-refractivity contribution is 6.13. The van der Waals surface area contributed by atoms with Crippen LogP contribution in [0.5, 0.6) is 5.75 Å². The van der Waals surface area contributed by atoms with Crippen molar-refractivity contribution in [2.75, 3.05) is 12.3 Å². The van der Waals surface area contributed by atoms with Crippen molar-refractivity contribution in [3.05, 3.63) is 59.2 Å². The Kier molecular flexibility index (Phi) is 3.85. The lowest BCUT2D eigenvalue weighted by atomic mass is 9.99.